The minimum absolute atomic E-state index is 1.02. The third kappa shape index (κ3) is 3.85. The molecular formula is C15H24GeS. The fourth-order valence-corrected chi connectivity index (χ4v) is 9.80. The van der Waals surface area contributed by atoms with E-state index in [0.29, 0.717) is 0 Å². The molecule has 0 aromatic carbocycles. The van der Waals surface area contributed by atoms with Crippen molar-refractivity contribution in [3.05, 3.63) is 40.0 Å². The van der Waals surface area contributed by atoms with Crippen molar-refractivity contribution >= 4 is 30.2 Å². The van der Waals surface area contributed by atoms with Gasteiger partial charge in [-0.3, -0.25) is 0 Å². The zero-order chi connectivity index (χ0) is 12.7. The molecule has 0 bridgehead atoms. The first-order chi connectivity index (χ1) is 8.21. The molecule has 0 fully saturated rings. The molecule has 2 heteroatoms. The summed E-state index contributed by atoms with van der Waals surface area (Å²) in [6.07, 6.45) is 3.06. The van der Waals surface area contributed by atoms with Crippen molar-refractivity contribution in [1.82, 2.24) is 0 Å². The molecule has 0 aliphatic heterocycles. The second-order valence-corrected chi connectivity index (χ2v) is 16.3. The van der Waals surface area contributed by atoms with Crippen LogP contribution in [0.5, 0.6) is 0 Å². The van der Waals surface area contributed by atoms with Crippen molar-refractivity contribution in [3.63, 3.8) is 0 Å². The van der Waals surface area contributed by atoms with Crippen LogP contribution >= 0.6 is 11.3 Å². The normalized spacial score (nSPS) is 12.8. The summed E-state index contributed by atoms with van der Waals surface area (Å²) in [6.45, 7) is 11.0. The van der Waals surface area contributed by atoms with Gasteiger partial charge in [-0.15, -0.1) is 0 Å². The van der Waals surface area contributed by atoms with Gasteiger partial charge in [0.1, 0.15) is 0 Å². The summed E-state index contributed by atoms with van der Waals surface area (Å²) in [5.74, 6) is 0. The molecule has 0 saturated carbocycles. The first-order valence-corrected chi connectivity index (χ1v) is 13.1. The van der Waals surface area contributed by atoms with Crippen LogP contribution in [0.25, 0.3) is 5.57 Å². The topological polar surface area (TPSA) is 0 Å². The monoisotopic (exact) mass is 310 g/mol. The van der Waals surface area contributed by atoms with Gasteiger partial charge in [-0.2, -0.15) is 0 Å². The van der Waals surface area contributed by atoms with E-state index in [1.54, 1.807) is 0 Å². The number of thiophene rings is 1. The van der Waals surface area contributed by atoms with Gasteiger partial charge >= 0.3 is 113 Å². The molecule has 0 spiro atoms. The third-order valence-electron chi connectivity index (χ3n) is 3.79. The van der Waals surface area contributed by atoms with Crippen LogP contribution in [0.3, 0.4) is 0 Å². The Bertz CT molecular complexity index is 350. The maximum atomic E-state index is 3.90. The zero-order valence-corrected chi connectivity index (χ0v) is 14.2. The van der Waals surface area contributed by atoms with E-state index in [1.165, 1.54) is 26.2 Å². The van der Waals surface area contributed by atoms with E-state index >= 15 is 0 Å². The molecule has 1 heterocycles. The van der Waals surface area contributed by atoms with E-state index in [0.717, 1.165) is 6.42 Å². The Hall–Kier alpha value is -0.277. The van der Waals surface area contributed by atoms with Crippen LogP contribution in [0.1, 0.15) is 32.1 Å². The van der Waals surface area contributed by atoms with E-state index in [1.807, 2.05) is 17.4 Å². The van der Waals surface area contributed by atoms with Crippen LogP contribution in [0.2, 0.25) is 15.8 Å². The number of hydrogen-bond donors (Lipinski definition) is 0. The first-order valence-electron chi connectivity index (χ1n) is 6.57. The maximum absolute atomic E-state index is 3.90. The Balaban J connectivity index is 3.08. The standard InChI is InChI=1S/C15H24GeS/c1-5-10-14(15-11-9-12-17-15)13-16(6-2,7-3)8-4/h5,9,11-13H,1,6-8,10H2,2-4H3/b14-13+. The van der Waals surface area contributed by atoms with Crippen LogP contribution in [0.15, 0.2) is 35.1 Å². The van der Waals surface area contributed by atoms with Crippen molar-refractivity contribution in [2.45, 2.75) is 43.0 Å². The molecule has 1 aromatic rings. The summed E-state index contributed by atoms with van der Waals surface area (Å²) in [7, 11) is 0. The van der Waals surface area contributed by atoms with Gasteiger partial charge in [-0.05, 0) is 0 Å². The Kier molecular flexibility index (Phi) is 6.28. The minimum atomic E-state index is -1.72. The molecule has 0 nitrogen and oxygen atoms in total. The van der Waals surface area contributed by atoms with Crippen molar-refractivity contribution in [2.75, 3.05) is 0 Å². The molecule has 0 amide bonds. The summed E-state index contributed by atoms with van der Waals surface area (Å²) in [5, 5.41) is 6.38. The molecule has 0 atom stereocenters. The second-order valence-electron chi connectivity index (χ2n) is 4.56. The Morgan fingerprint density at radius 1 is 1.29 bits per heavy atom. The molecule has 0 aliphatic rings. The fourth-order valence-electron chi connectivity index (χ4n) is 2.27. The fraction of sp³-hybridized carbons (Fsp3) is 0.467. The van der Waals surface area contributed by atoms with Gasteiger partial charge in [0.15, 0.2) is 0 Å². The Morgan fingerprint density at radius 2 is 1.94 bits per heavy atom. The number of rotatable bonds is 7. The average molecular weight is 309 g/mol. The van der Waals surface area contributed by atoms with Gasteiger partial charge < -0.3 is 0 Å². The van der Waals surface area contributed by atoms with Gasteiger partial charge in [-0.25, -0.2) is 0 Å². The van der Waals surface area contributed by atoms with Gasteiger partial charge in [0.05, 0.1) is 0 Å². The van der Waals surface area contributed by atoms with Crippen LogP contribution in [0, 0.1) is 0 Å². The molecule has 94 valence electrons. The van der Waals surface area contributed by atoms with Crippen LogP contribution in [-0.4, -0.2) is 13.3 Å². The van der Waals surface area contributed by atoms with E-state index < -0.39 is 13.3 Å². The van der Waals surface area contributed by atoms with Crippen molar-refractivity contribution < 1.29 is 0 Å². The summed E-state index contributed by atoms with van der Waals surface area (Å²) in [6, 6.07) is 4.39. The quantitative estimate of drug-likeness (QED) is 0.444. The summed E-state index contributed by atoms with van der Waals surface area (Å²) < 4.78 is 0. The van der Waals surface area contributed by atoms with E-state index in [-0.39, 0.29) is 0 Å². The summed E-state index contributed by atoms with van der Waals surface area (Å²) in [5.41, 5.74) is 1.53. The van der Waals surface area contributed by atoms with Crippen LogP contribution < -0.4 is 0 Å². The van der Waals surface area contributed by atoms with Crippen molar-refractivity contribution in [3.8, 4) is 0 Å². The van der Waals surface area contributed by atoms with Gasteiger partial charge in [0, 0.05) is 0 Å². The predicted octanol–water partition coefficient (Wildman–Crippen LogP) is 5.76. The Morgan fingerprint density at radius 3 is 2.35 bits per heavy atom. The van der Waals surface area contributed by atoms with E-state index in [2.05, 4.69) is 49.8 Å². The van der Waals surface area contributed by atoms with E-state index in [9.17, 15) is 0 Å². The molecule has 17 heavy (non-hydrogen) atoms. The first kappa shape index (κ1) is 14.8. The predicted molar refractivity (Wildman–Crippen MR) is 84.3 cm³/mol. The van der Waals surface area contributed by atoms with Gasteiger partial charge in [0.2, 0.25) is 0 Å². The molecule has 0 N–H and O–H groups in total. The average Bonchev–Trinajstić information content (AvgIpc) is 2.89. The number of hydrogen-bond acceptors (Lipinski definition) is 1. The Labute approximate surface area is 113 Å². The molecule has 1 aromatic heterocycles. The zero-order valence-electron chi connectivity index (χ0n) is 11.3. The second kappa shape index (κ2) is 7.22. The number of allylic oxidation sites excluding steroid dienone is 2. The SMILES string of the molecule is C=CC/C(=[CH]\[Ge]([CH2]C)([CH2]C)[CH2]C)c1cccs1. The van der Waals surface area contributed by atoms with Crippen LogP contribution in [0.4, 0.5) is 0 Å². The summed E-state index contributed by atoms with van der Waals surface area (Å²) >= 11 is 0.141. The van der Waals surface area contributed by atoms with E-state index in [4.69, 9.17) is 0 Å². The molecule has 1 rings (SSSR count). The molecule has 0 radical (unpaired) electrons. The molecule has 0 aliphatic carbocycles. The summed E-state index contributed by atoms with van der Waals surface area (Å²) in [4.78, 5) is 4.13. The molecule has 0 unspecified atom stereocenters. The third-order valence-corrected chi connectivity index (χ3v) is 15.6. The van der Waals surface area contributed by atoms with Gasteiger partial charge in [0.25, 0.3) is 0 Å². The van der Waals surface area contributed by atoms with Gasteiger partial charge in [-0.1, -0.05) is 0 Å². The van der Waals surface area contributed by atoms with Crippen LogP contribution in [-0.2, 0) is 0 Å². The molecular weight excluding hydrogens is 285 g/mol. The molecule has 0 saturated heterocycles. The van der Waals surface area contributed by atoms with Crippen molar-refractivity contribution in [2.24, 2.45) is 0 Å². The van der Waals surface area contributed by atoms with Crippen molar-refractivity contribution in [1.29, 1.82) is 0 Å².